The number of nitrogens with zero attached hydrogens (tertiary/aromatic N) is 4. The van der Waals surface area contributed by atoms with Crippen LogP contribution in [0.15, 0.2) is 46.2 Å². The second-order valence-corrected chi connectivity index (χ2v) is 7.62. The van der Waals surface area contributed by atoms with Crippen LogP contribution in [0.1, 0.15) is 38.2 Å². The van der Waals surface area contributed by atoms with Crippen molar-refractivity contribution >= 4 is 17.1 Å². The van der Waals surface area contributed by atoms with Gasteiger partial charge in [0.2, 0.25) is 0 Å². The van der Waals surface area contributed by atoms with Crippen LogP contribution < -0.4 is 11.2 Å². The number of rotatable bonds is 8. The van der Waals surface area contributed by atoms with Crippen molar-refractivity contribution < 1.29 is 9.53 Å². The highest BCUT2D eigenvalue weighted by Gasteiger charge is 2.27. The van der Waals surface area contributed by atoms with Crippen molar-refractivity contribution in [2.24, 2.45) is 20.0 Å². The Balaban J connectivity index is 1.70. The van der Waals surface area contributed by atoms with Crippen LogP contribution in [-0.2, 0) is 30.2 Å². The number of aryl methyl sites for hydroxylation is 2. The number of imidazole rings is 1. The molecule has 3 rings (SSSR count). The molecule has 0 aliphatic carbocycles. The van der Waals surface area contributed by atoms with Crippen molar-refractivity contribution in [3.05, 3.63) is 63.1 Å². The van der Waals surface area contributed by atoms with E-state index in [2.05, 4.69) is 4.98 Å². The molecule has 2 atom stereocenters. The molecule has 0 N–H and O–H groups in total. The Morgan fingerprint density at radius 2 is 1.87 bits per heavy atom. The first-order valence-corrected chi connectivity index (χ1v) is 10.2. The van der Waals surface area contributed by atoms with Crippen molar-refractivity contribution in [2.45, 2.75) is 39.2 Å². The van der Waals surface area contributed by atoms with Gasteiger partial charge in [0.05, 0.1) is 18.9 Å². The van der Waals surface area contributed by atoms with E-state index in [0.29, 0.717) is 17.6 Å². The van der Waals surface area contributed by atoms with Crippen LogP contribution in [0.5, 0.6) is 0 Å². The maximum Gasteiger partial charge on any atom is 0.332 e. The van der Waals surface area contributed by atoms with Crippen molar-refractivity contribution in [1.29, 1.82) is 0 Å². The fraction of sp³-hybridized carbons (Fsp3) is 0.455. The number of carbonyl (C=O) groups is 1. The fourth-order valence-corrected chi connectivity index (χ4v) is 3.67. The molecule has 1 aromatic carbocycles. The summed E-state index contributed by atoms with van der Waals surface area (Å²) in [7, 11) is 3.30. The number of esters is 1. The molecule has 160 valence electrons. The van der Waals surface area contributed by atoms with E-state index in [9.17, 15) is 14.4 Å². The molecule has 0 amide bonds. The van der Waals surface area contributed by atoms with Gasteiger partial charge in [0.25, 0.3) is 5.56 Å². The van der Waals surface area contributed by atoms with Gasteiger partial charge in [-0.05, 0) is 17.9 Å². The summed E-state index contributed by atoms with van der Waals surface area (Å²) in [6, 6.07) is 9.61. The minimum atomic E-state index is -0.431. The van der Waals surface area contributed by atoms with E-state index in [0.717, 1.165) is 12.0 Å². The molecule has 0 saturated heterocycles. The predicted molar refractivity (Wildman–Crippen MR) is 114 cm³/mol. The number of benzene rings is 1. The van der Waals surface area contributed by atoms with E-state index < -0.39 is 5.69 Å². The zero-order chi connectivity index (χ0) is 21.8. The zero-order valence-electron chi connectivity index (χ0n) is 17.9. The van der Waals surface area contributed by atoms with Crippen LogP contribution in [0.25, 0.3) is 11.2 Å². The monoisotopic (exact) mass is 412 g/mol. The lowest BCUT2D eigenvalue weighted by Crippen LogP contribution is -2.39. The minimum absolute atomic E-state index is 0.137. The molecule has 0 saturated carbocycles. The maximum atomic E-state index is 12.8. The van der Waals surface area contributed by atoms with E-state index in [1.807, 2.05) is 44.2 Å². The number of hydrogen-bond acceptors (Lipinski definition) is 5. The van der Waals surface area contributed by atoms with E-state index >= 15 is 0 Å². The van der Waals surface area contributed by atoms with E-state index in [1.54, 1.807) is 18.7 Å². The topological polar surface area (TPSA) is 88.1 Å². The summed E-state index contributed by atoms with van der Waals surface area (Å²) in [5, 5.41) is 0. The smallest absolute Gasteiger partial charge is 0.332 e. The average Bonchev–Trinajstić information content (AvgIpc) is 3.14. The normalized spacial score (nSPS) is 13.3. The second kappa shape index (κ2) is 9.11. The molecule has 0 bridgehead atoms. The molecular formula is C22H28N4O4. The molecular weight excluding hydrogens is 384 g/mol. The lowest BCUT2D eigenvalue weighted by Gasteiger charge is -2.22. The predicted octanol–water partition coefficient (Wildman–Crippen LogP) is 2.20. The Bertz CT molecular complexity index is 1140. The summed E-state index contributed by atoms with van der Waals surface area (Å²) in [6.45, 7) is 4.38. The maximum absolute atomic E-state index is 12.8. The Hall–Kier alpha value is -3.16. The molecule has 2 heterocycles. The van der Waals surface area contributed by atoms with Gasteiger partial charge in [-0.2, -0.15) is 0 Å². The van der Waals surface area contributed by atoms with Crippen molar-refractivity contribution in [2.75, 3.05) is 6.61 Å². The van der Waals surface area contributed by atoms with Gasteiger partial charge < -0.3 is 9.30 Å². The largest absolute Gasteiger partial charge is 0.465 e. The molecule has 3 aromatic rings. The third-order valence-corrected chi connectivity index (χ3v) is 5.60. The Morgan fingerprint density at radius 3 is 2.53 bits per heavy atom. The first kappa shape index (κ1) is 21.5. The summed E-state index contributed by atoms with van der Waals surface area (Å²) in [5.41, 5.74) is 0.841. The van der Waals surface area contributed by atoms with E-state index in [4.69, 9.17) is 4.74 Å². The van der Waals surface area contributed by atoms with Gasteiger partial charge in [0, 0.05) is 20.6 Å². The molecule has 0 fully saturated rings. The molecule has 0 spiro atoms. The Morgan fingerprint density at radius 1 is 1.17 bits per heavy atom. The van der Waals surface area contributed by atoms with Crippen molar-refractivity contribution in [3.8, 4) is 0 Å². The van der Waals surface area contributed by atoms with E-state index in [1.165, 1.54) is 15.5 Å². The highest BCUT2D eigenvalue weighted by Crippen LogP contribution is 2.28. The standard InChI is InChI=1S/C22H28N4O4/c1-5-15(2)17(16-10-7-6-8-11-16)21(28)30-13-9-12-26-20(27)18-19(23-14-24(18)3)25(4)22(26)29/h6-8,10-11,14-15,17H,5,9,12-13H2,1-4H3. The summed E-state index contributed by atoms with van der Waals surface area (Å²) < 4.78 is 9.66. The highest BCUT2D eigenvalue weighted by atomic mass is 16.5. The summed E-state index contributed by atoms with van der Waals surface area (Å²) in [6.07, 6.45) is 2.73. The first-order valence-electron chi connectivity index (χ1n) is 10.2. The second-order valence-electron chi connectivity index (χ2n) is 7.62. The van der Waals surface area contributed by atoms with Crippen LogP contribution in [0.4, 0.5) is 0 Å². The van der Waals surface area contributed by atoms with Crippen LogP contribution in [0.3, 0.4) is 0 Å². The Labute approximate surface area is 174 Å². The molecule has 8 nitrogen and oxygen atoms in total. The highest BCUT2D eigenvalue weighted by molar-refractivity contribution is 5.78. The number of ether oxygens (including phenoxy) is 1. The summed E-state index contributed by atoms with van der Waals surface area (Å²) in [4.78, 5) is 42.1. The molecule has 0 aliphatic heterocycles. The number of fused-ring (bicyclic) bond motifs is 1. The van der Waals surface area contributed by atoms with Crippen LogP contribution >= 0.6 is 0 Å². The molecule has 0 radical (unpaired) electrons. The third kappa shape index (κ3) is 4.08. The van der Waals surface area contributed by atoms with Gasteiger partial charge in [0.1, 0.15) is 0 Å². The zero-order valence-corrected chi connectivity index (χ0v) is 17.9. The Kier molecular flexibility index (Phi) is 6.54. The average molecular weight is 412 g/mol. The van der Waals surface area contributed by atoms with E-state index in [-0.39, 0.29) is 36.5 Å². The van der Waals surface area contributed by atoms with Crippen LogP contribution in [0.2, 0.25) is 0 Å². The van der Waals surface area contributed by atoms with Crippen LogP contribution in [-0.4, -0.2) is 31.3 Å². The SMILES string of the molecule is CCC(C)C(C(=O)OCCCn1c(=O)c2c(ncn2C)n(C)c1=O)c1ccccc1. The fourth-order valence-electron chi connectivity index (χ4n) is 3.67. The van der Waals surface area contributed by atoms with Crippen molar-refractivity contribution in [3.63, 3.8) is 0 Å². The van der Waals surface area contributed by atoms with Gasteiger partial charge in [-0.15, -0.1) is 0 Å². The van der Waals surface area contributed by atoms with Gasteiger partial charge in [0.15, 0.2) is 11.2 Å². The van der Waals surface area contributed by atoms with Gasteiger partial charge >= 0.3 is 11.7 Å². The molecule has 8 heteroatoms. The number of aromatic nitrogens is 4. The minimum Gasteiger partial charge on any atom is -0.465 e. The summed E-state index contributed by atoms with van der Waals surface area (Å²) >= 11 is 0. The van der Waals surface area contributed by atoms with Gasteiger partial charge in [-0.25, -0.2) is 9.78 Å². The molecule has 30 heavy (non-hydrogen) atoms. The number of hydrogen-bond donors (Lipinski definition) is 0. The molecule has 2 unspecified atom stereocenters. The first-order chi connectivity index (χ1) is 14.4. The van der Waals surface area contributed by atoms with Crippen molar-refractivity contribution in [1.82, 2.24) is 18.7 Å². The van der Waals surface area contributed by atoms with Gasteiger partial charge in [-0.3, -0.25) is 18.7 Å². The summed E-state index contributed by atoms with van der Waals surface area (Å²) in [5.74, 6) is -0.475. The quantitative estimate of drug-likeness (QED) is 0.418. The lowest BCUT2D eigenvalue weighted by molar-refractivity contribution is -0.147. The van der Waals surface area contributed by atoms with Gasteiger partial charge in [-0.1, -0.05) is 50.6 Å². The molecule has 0 aliphatic rings. The van der Waals surface area contributed by atoms with Crippen LogP contribution in [0, 0.1) is 5.92 Å². The molecule has 2 aromatic heterocycles. The third-order valence-electron chi connectivity index (χ3n) is 5.60. The number of carbonyl (C=O) groups excluding carboxylic acids is 1. The lowest BCUT2D eigenvalue weighted by atomic mass is 9.86.